The molecular formula is C16H28N2OS. The second-order valence-electron chi connectivity index (χ2n) is 6.02. The minimum absolute atomic E-state index is 0.114. The first-order valence-electron chi connectivity index (χ1n) is 7.89. The summed E-state index contributed by atoms with van der Waals surface area (Å²) in [5, 5.41) is 4.64. The second-order valence-corrected chi connectivity index (χ2v) is 7.11. The lowest BCUT2D eigenvalue weighted by atomic mass is 9.85. The molecule has 1 saturated carbocycles. The van der Waals surface area contributed by atoms with Crippen LogP contribution in [0.4, 0.5) is 0 Å². The van der Waals surface area contributed by atoms with Gasteiger partial charge in [-0.2, -0.15) is 0 Å². The highest BCUT2D eigenvalue weighted by molar-refractivity contribution is 7.11. The number of ether oxygens (including phenoxy) is 1. The average Bonchev–Trinajstić information content (AvgIpc) is 2.90. The smallest absolute Gasteiger partial charge is 0.125 e. The molecule has 1 aliphatic carbocycles. The lowest BCUT2D eigenvalue weighted by molar-refractivity contribution is -0.0447. The van der Waals surface area contributed by atoms with Crippen molar-refractivity contribution in [1.82, 2.24) is 10.3 Å². The highest BCUT2D eigenvalue weighted by atomic mass is 32.1. The van der Waals surface area contributed by atoms with Crippen molar-refractivity contribution < 1.29 is 4.74 Å². The summed E-state index contributed by atoms with van der Waals surface area (Å²) >= 11 is 1.86. The number of hydrogen-bond donors (Lipinski definition) is 1. The van der Waals surface area contributed by atoms with Gasteiger partial charge in [-0.25, -0.2) is 4.98 Å². The van der Waals surface area contributed by atoms with Crippen molar-refractivity contribution in [3.05, 3.63) is 15.6 Å². The van der Waals surface area contributed by atoms with Crippen LogP contribution in [0, 0.1) is 0 Å². The number of hydrogen-bond acceptors (Lipinski definition) is 4. The molecule has 1 heterocycles. The Morgan fingerprint density at radius 2 is 2.00 bits per heavy atom. The van der Waals surface area contributed by atoms with E-state index in [0.717, 1.165) is 25.9 Å². The predicted molar refractivity (Wildman–Crippen MR) is 85.4 cm³/mol. The van der Waals surface area contributed by atoms with E-state index in [1.807, 2.05) is 18.4 Å². The van der Waals surface area contributed by atoms with Crippen LogP contribution in [-0.2, 0) is 16.9 Å². The zero-order valence-electron chi connectivity index (χ0n) is 13.3. The van der Waals surface area contributed by atoms with Crippen LogP contribution in [0.1, 0.15) is 74.4 Å². The Balaban J connectivity index is 2.30. The molecule has 1 aromatic rings. The SMILES string of the molecule is CCNCc1sc(C2(OC)CCCCC2)nc1C(C)C. The third-order valence-corrected chi connectivity index (χ3v) is 5.51. The van der Waals surface area contributed by atoms with Gasteiger partial charge in [0.05, 0.1) is 5.69 Å². The van der Waals surface area contributed by atoms with Gasteiger partial charge >= 0.3 is 0 Å². The Morgan fingerprint density at radius 1 is 1.30 bits per heavy atom. The van der Waals surface area contributed by atoms with Crippen LogP contribution < -0.4 is 5.32 Å². The van der Waals surface area contributed by atoms with Gasteiger partial charge in [-0.15, -0.1) is 11.3 Å². The predicted octanol–water partition coefficient (Wildman–Crippen LogP) is 4.18. The van der Waals surface area contributed by atoms with Crippen molar-refractivity contribution in [3.8, 4) is 0 Å². The number of thiazole rings is 1. The van der Waals surface area contributed by atoms with Crippen molar-refractivity contribution in [1.29, 1.82) is 0 Å². The van der Waals surface area contributed by atoms with E-state index in [0.29, 0.717) is 5.92 Å². The highest BCUT2D eigenvalue weighted by Gasteiger charge is 2.37. The molecule has 114 valence electrons. The van der Waals surface area contributed by atoms with E-state index in [2.05, 4.69) is 26.1 Å². The first-order valence-corrected chi connectivity index (χ1v) is 8.70. The normalized spacial score (nSPS) is 18.6. The summed E-state index contributed by atoms with van der Waals surface area (Å²) in [5.41, 5.74) is 1.14. The van der Waals surface area contributed by atoms with Gasteiger partial charge in [-0.1, -0.05) is 40.0 Å². The van der Waals surface area contributed by atoms with E-state index in [4.69, 9.17) is 9.72 Å². The third kappa shape index (κ3) is 3.23. The summed E-state index contributed by atoms with van der Waals surface area (Å²) in [5.74, 6) is 0.478. The minimum atomic E-state index is -0.114. The molecule has 0 radical (unpaired) electrons. The number of aromatic nitrogens is 1. The number of nitrogens with zero attached hydrogens (tertiary/aromatic N) is 1. The Hall–Kier alpha value is -0.450. The zero-order chi connectivity index (χ0) is 14.6. The van der Waals surface area contributed by atoms with Gasteiger partial charge in [0.1, 0.15) is 10.6 Å². The molecule has 0 unspecified atom stereocenters. The van der Waals surface area contributed by atoms with Gasteiger partial charge in [0.15, 0.2) is 0 Å². The first-order chi connectivity index (χ1) is 9.63. The summed E-state index contributed by atoms with van der Waals surface area (Å²) < 4.78 is 5.94. The maximum atomic E-state index is 5.94. The Bertz CT molecular complexity index is 422. The molecule has 2 rings (SSSR count). The van der Waals surface area contributed by atoms with Crippen LogP contribution >= 0.6 is 11.3 Å². The van der Waals surface area contributed by atoms with E-state index in [9.17, 15) is 0 Å². The number of methoxy groups -OCH3 is 1. The molecule has 4 heteroatoms. The standard InChI is InChI=1S/C16H28N2OS/c1-5-17-11-13-14(12(2)3)18-15(20-13)16(19-4)9-7-6-8-10-16/h12,17H,5-11H2,1-4H3. The lowest BCUT2D eigenvalue weighted by Crippen LogP contribution is -2.31. The van der Waals surface area contributed by atoms with Crippen molar-refractivity contribution in [2.45, 2.75) is 70.9 Å². The maximum absolute atomic E-state index is 5.94. The topological polar surface area (TPSA) is 34.1 Å². The van der Waals surface area contributed by atoms with Crippen molar-refractivity contribution in [2.24, 2.45) is 0 Å². The van der Waals surface area contributed by atoms with Crippen molar-refractivity contribution >= 4 is 11.3 Å². The highest BCUT2D eigenvalue weighted by Crippen LogP contribution is 2.43. The van der Waals surface area contributed by atoms with Crippen LogP contribution in [0.5, 0.6) is 0 Å². The van der Waals surface area contributed by atoms with Gasteiger partial charge in [-0.05, 0) is 25.3 Å². The summed E-state index contributed by atoms with van der Waals surface area (Å²) in [6.45, 7) is 8.54. The molecule has 0 amide bonds. The minimum Gasteiger partial charge on any atom is -0.371 e. The molecule has 1 aromatic heterocycles. The zero-order valence-corrected chi connectivity index (χ0v) is 14.1. The molecule has 0 spiro atoms. The molecule has 3 nitrogen and oxygen atoms in total. The summed E-state index contributed by atoms with van der Waals surface area (Å²) in [6, 6.07) is 0. The quantitative estimate of drug-likeness (QED) is 0.855. The molecule has 0 aromatic carbocycles. The molecule has 0 aliphatic heterocycles. The lowest BCUT2D eigenvalue weighted by Gasteiger charge is -2.34. The molecule has 1 aliphatic rings. The summed E-state index contributed by atoms with van der Waals surface area (Å²) in [7, 11) is 1.85. The largest absolute Gasteiger partial charge is 0.371 e. The molecule has 1 N–H and O–H groups in total. The first kappa shape index (κ1) is 15.9. The number of rotatable bonds is 6. The van der Waals surface area contributed by atoms with Gasteiger partial charge in [-0.3, -0.25) is 0 Å². The van der Waals surface area contributed by atoms with Crippen LogP contribution in [0.25, 0.3) is 0 Å². The van der Waals surface area contributed by atoms with Crippen LogP contribution in [0.15, 0.2) is 0 Å². The Morgan fingerprint density at radius 3 is 2.55 bits per heavy atom. The van der Waals surface area contributed by atoms with E-state index < -0.39 is 0 Å². The average molecular weight is 296 g/mol. The van der Waals surface area contributed by atoms with Crippen LogP contribution in [0.2, 0.25) is 0 Å². The van der Waals surface area contributed by atoms with Crippen molar-refractivity contribution in [2.75, 3.05) is 13.7 Å². The number of nitrogens with one attached hydrogen (secondary N) is 1. The third-order valence-electron chi connectivity index (χ3n) is 4.25. The molecule has 1 fully saturated rings. The Labute approximate surface area is 127 Å². The van der Waals surface area contributed by atoms with Gasteiger partial charge in [0, 0.05) is 18.5 Å². The fraction of sp³-hybridized carbons (Fsp3) is 0.812. The molecule has 0 saturated heterocycles. The van der Waals surface area contributed by atoms with Gasteiger partial charge < -0.3 is 10.1 Å². The summed E-state index contributed by atoms with van der Waals surface area (Å²) in [6.07, 6.45) is 6.09. The molecular weight excluding hydrogens is 268 g/mol. The van der Waals surface area contributed by atoms with E-state index in [1.165, 1.54) is 34.8 Å². The molecule has 0 bridgehead atoms. The summed E-state index contributed by atoms with van der Waals surface area (Å²) in [4.78, 5) is 6.37. The maximum Gasteiger partial charge on any atom is 0.125 e. The van der Waals surface area contributed by atoms with E-state index >= 15 is 0 Å². The second kappa shape index (κ2) is 7.01. The van der Waals surface area contributed by atoms with Crippen molar-refractivity contribution in [3.63, 3.8) is 0 Å². The van der Waals surface area contributed by atoms with Gasteiger partial charge in [0.25, 0.3) is 0 Å². The fourth-order valence-corrected chi connectivity index (χ4v) is 4.41. The fourth-order valence-electron chi connectivity index (χ4n) is 3.00. The van der Waals surface area contributed by atoms with E-state index in [1.54, 1.807) is 0 Å². The van der Waals surface area contributed by atoms with Crippen LogP contribution in [-0.4, -0.2) is 18.6 Å². The molecule has 20 heavy (non-hydrogen) atoms. The molecule has 0 atom stereocenters. The van der Waals surface area contributed by atoms with Gasteiger partial charge in [0.2, 0.25) is 0 Å². The van der Waals surface area contributed by atoms with E-state index in [-0.39, 0.29) is 5.60 Å². The monoisotopic (exact) mass is 296 g/mol. The Kier molecular flexibility index (Phi) is 5.58. The van der Waals surface area contributed by atoms with Crippen LogP contribution in [0.3, 0.4) is 0 Å².